The molecule has 3 heteroatoms. The third-order valence-corrected chi connectivity index (χ3v) is 3.47. The molecule has 0 bridgehead atoms. The van der Waals surface area contributed by atoms with Gasteiger partial charge in [-0.2, -0.15) is 0 Å². The standard InChI is InChI=1S/C13H14N2O/c1-14-8-7-11-12(13(14)16)9-5-3-4-6-10(9)15(11)2/h3-6H,7-8H2,1-2H3. The SMILES string of the molecule is CN1CCc2c(c3ccccc3n2C)C1=O. The van der Waals surface area contributed by atoms with E-state index in [0.717, 1.165) is 29.4 Å². The molecular weight excluding hydrogens is 200 g/mol. The summed E-state index contributed by atoms with van der Waals surface area (Å²) >= 11 is 0. The van der Waals surface area contributed by atoms with E-state index in [0.29, 0.717) is 0 Å². The lowest BCUT2D eigenvalue weighted by Gasteiger charge is -2.23. The van der Waals surface area contributed by atoms with Crippen molar-refractivity contribution in [3.8, 4) is 0 Å². The summed E-state index contributed by atoms with van der Waals surface area (Å²) in [7, 11) is 3.91. The highest BCUT2D eigenvalue weighted by Gasteiger charge is 2.27. The molecular formula is C13H14N2O. The second-order valence-corrected chi connectivity index (χ2v) is 4.37. The summed E-state index contributed by atoms with van der Waals surface area (Å²) in [5.41, 5.74) is 3.22. The van der Waals surface area contributed by atoms with E-state index >= 15 is 0 Å². The Morgan fingerprint density at radius 3 is 2.75 bits per heavy atom. The van der Waals surface area contributed by atoms with Crippen LogP contribution in [0.1, 0.15) is 16.1 Å². The number of amides is 1. The Kier molecular flexibility index (Phi) is 1.84. The van der Waals surface area contributed by atoms with Gasteiger partial charge in [0.2, 0.25) is 0 Å². The smallest absolute Gasteiger partial charge is 0.256 e. The predicted molar refractivity (Wildman–Crippen MR) is 63.6 cm³/mol. The number of aryl methyl sites for hydroxylation is 1. The molecule has 16 heavy (non-hydrogen) atoms. The minimum atomic E-state index is 0.151. The van der Waals surface area contributed by atoms with Crippen LogP contribution in [0.25, 0.3) is 10.9 Å². The molecule has 1 aliphatic rings. The van der Waals surface area contributed by atoms with E-state index in [1.54, 1.807) is 4.90 Å². The van der Waals surface area contributed by atoms with Crippen LogP contribution < -0.4 is 0 Å². The maximum absolute atomic E-state index is 12.2. The maximum atomic E-state index is 12.2. The zero-order valence-corrected chi connectivity index (χ0v) is 9.53. The van der Waals surface area contributed by atoms with Crippen molar-refractivity contribution < 1.29 is 4.79 Å². The van der Waals surface area contributed by atoms with Gasteiger partial charge in [0, 0.05) is 43.7 Å². The zero-order chi connectivity index (χ0) is 11.3. The fourth-order valence-electron chi connectivity index (χ4n) is 2.54. The first-order valence-corrected chi connectivity index (χ1v) is 5.52. The van der Waals surface area contributed by atoms with Crippen LogP contribution >= 0.6 is 0 Å². The summed E-state index contributed by atoms with van der Waals surface area (Å²) < 4.78 is 2.15. The van der Waals surface area contributed by atoms with E-state index in [-0.39, 0.29) is 5.91 Å². The van der Waals surface area contributed by atoms with Crippen molar-refractivity contribution in [2.24, 2.45) is 7.05 Å². The first-order valence-electron chi connectivity index (χ1n) is 5.52. The molecule has 2 aromatic rings. The number of aromatic nitrogens is 1. The summed E-state index contributed by atoms with van der Waals surface area (Å²) in [6.45, 7) is 0.815. The topological polar surface area (TPSA) is 25.2 Å². The molecule has 1 amide bonds. The van der Waals surface area contributed by atoms with Crippen LogP contribution in [0, 0.1) is 0 Å². The second kappa shape index (κ2) is 3.11. The quantitative estimate of drug-likeness (QED) is 0.656. The lowest BCUT2D eigenvalue weighted by Crippen LogP contribution is -2.34. The van der Waals surface area contributed by atoms with Crippen LogP contribution in [0.5, 0.6) is 0 Å². The predicted octanol–water partition coefficient (Wildman–Crippen LogP) is 1.81. The van der Waals surface area contributed by atoms with Crippen molar-refractivity contribution in [2.45, 2.75) is 6.42 Å². The largest absolute Gasteiger partial charge is 0.347 e. The van der Waals surface area contributed by atoms with Gasteiger partial charge in [-0.1, -0.05) is 18.2 Å². The Morgan fingerprint density at radius 1 is 1.19 bits per heavy atom. The van der Waals surface area contributed by atoms with Crippen molar-refractivity contribution in [3.05, 3.63) is 35.5 Å². The summed E-state index contributed by atoms with van der Waals surface area (Å²) in [6.07, 6.45) is 0.947. The summed E-state index contributed by atoms with van der Waals surface area (Å²) in [5.74, 6) is 0.151. The molecule has 0 saturated carbocycles. The minimum absolute atomic E-state index is 0.151. The van der Waals surface area contributed by atoms with E-state index in [2.05, 4.69) is 10.6 Å². The van der Waals surface area contributed by atoms with Crippen molar-refractivity contribution in [2.75, 3.05) is 13.6 Å². The van der Waals surface area contributed by atoms with Gasteiger partial charge in [-0.3, -0.25) is 4.79 Å². The van der Waals surface area contributed by atoms with Crippen LogP contribution in [0.3, 0.4) is 0 Å². The van der Waals surface area contributed by atoms with Crippen LogP contribution in [0.15, 0.2) is 24.3 Å². The molecule has 3 nitrogen and oxygen atoms in total. The van der Waals surface area contributed by atoms with Gasteiger partial charge in [-0.25, -0.2) is 0 Å². The molecule has 0 aliphatic carbocycles. The number of carbonyl (C=O) groups is 1. The minimum Gasteiger partial charge on any atom is -0.347 e. The number of carbonyl (C=O) groups excluding carboxylic acids is 1. The van der Waals surface area contributed by atoms with Gasteiger partial charge < -0.3 is 9.47 Å². The van der Waals surface area contributed by atoms with Gasteiger partial charge in [-0.05, 0) is 6.07 Å². The monoisotopic (exact) mass is 214 g/mol. The summed E-state index contributed by atoms with van der Waals surface area (Å²) in [6, 6.07) is 8.11. The molecule has 0 saturated heterocycles. The normalized spacial score (nSPS) is 15.6. The van der Waals surface area contributed by atoms with E-state index in [4.69, 9.17) is 0 Å². The van der Waals surface area contributed by atoms with E-state index in [1.165, 1.54) is 5.69 Å². The van der Waals surface area contributed by atoms with Crippen LogP contribution in [-0.4, -0.2) is 29.0 Å². The lowest BCUT2D eigenvalue weighted by molar-refractivity contribution is 0.0781. The van der Waals surface area contributed by atoms with Gasteiger partial charge in [0.15, 0.2) is 0 Å². The van der Waals surface area contributed by atoms with Crippen molar-refractivity contribution in [3.63, 3.8) is 0 Å². The highest BCUT2D eigenvalue weighted by atomic mass is 16.2. The number of hydrogen-bond donors (Lipinski definition) is 0. The Labute approximate surface area is 94.3 Å². The molecule has 3 rings (SSSR count). The van der Waals surface area contributed by atoms with Crippen molar-refractivity contribution in [1.29, 1.82) is 0 Å². The first kappa shape index (κ1) is 9.46. The van der Waals surface area contributed by atoms with Gasteiger partial charge in [0.05, 0.1) is 5.56 Å². The number of benzene rings is 1. The average molecular weight is 214 g/mol. The highest BCUT2D eigenvalue weighted by molar-refractivity contribution is 6.09. The number of rotatable bonds is 0. The third-order valence-electron chi connectivity index (χ3n) is 3.47. The molecule has 0 fully saturated rings. The molecule has 2 heterocycles. The molecule has 0 atom stereocenters. The average Bonchev–Trinajstić information content (AvgIpc) is 2.59. The molecule has 1 aliphatic heterocycles. The molecule has 82 valence electrons. The number of para-hydroxylation sites is 1. The Balaban J connectivity index is 2.40. The van der Waals surface area contributed by atoms with E-state index < -0.39 is 0 Å². The first-order chi connectivity index (χ1) is 7.70. The number of hydrogen-bond acceptors (Lipinski definition) is 1. The zero-order valence-electron chi connectivity index (χ0n) is 9.53. The molecule has 0 spiro atoms. The van der Waals surface area contributed by atoms with Gasteiger partial charge >= 0.3 is 0 Å². The molecule has 1 aromatic heterocycles. The second-order valence-electron chi connectivity index (χ2n) is 4.37. The maximum Gasteiger partial charge on any atom is 0.256 e. The molecule has 1 aromatic carbocycles. The summed E-state index contributed by atoms with van der Waals surface area (Å²) in [5, 5.41) is 1.08. The lowest BCUT2D eigenvalue weighted by atomic mass is 10.0. The fourth-order valence-corrected chi connectivity index (χ4v) is 2.54. The number of likely N-dealkylation sites (N-methyl/N-ethyl adjacent to an activating group) is 1. The van der Waals surface area contributed by atoms with Gasteiger partial charge in [-0.15, -0.1) is 0 Å². The van der Waals surface area contributed by atoms with Crippen molar-refractivity contribution in [1.82, 2.24) is 9.47 Å². The molecule has 0 unspecified atom stereocenters. The number of nitrogens with zero attached hydrogens (tertiary/aromatic N) is 2. The highest BCUT2D eigenvalue weighted by Crippen LogP contribution is 2.29. The van der Waals surface area contributed by atoms with Crippen LogP contribution in [-0.2, 0) is 13.5 Å². The fraction of sp³-hybridized carbons (Fsp3) is 0.308. The van der Waals surface area contributed by atoms with Crippen molar-refractivity contribution >= 4 is 16.8 Å². The Morgan fingerprint density at radius 2 is 1.94 bits per heavy atom. The molecule has 0 radical (unpaired) electrons. The Bertz CT molecular complexity index is 583. The van der Waals surface area contributed by atoms with E-state index in [9.17, 15) is 4.79 Å². The number of fused-ring (bicyclic) bond motifs is 3. The van der Waals surface area contributed by atoms with E-state index in [1.807, 2.05) is 32.3 Å². The molecule has 0 N–H and O–H groups in total. The van der Waals surface area contributed by atoms with Crippen LogP contribution in [0.2, 0.25) is 0 Å². The third kappa shape index (κ3) is 1.06. The Hall–Kier alpha value is -1.77. The van der Waals surface area contributed by atoms with Gasteiger partial charge in [0.1, 0.15) is 0 Å². The summed E-state index contributed by atoms with van der Waals surface area (Å²) in [4.78, 5) is 14.0. The van der Waals surface area contributed by atoms with Gasteiger partial charge in [0.25, 0.3) is 5.91 Å². The van der Waals surface area contributed by atoms with Crippen LogP contribution in [0.4, 0.5) is 0 Å².